The van der Waals surface area contributed by atoms with Gasteiger partial charge in [0.1, 0.15) is 23.3 Å². The molecule has 7 nitrogen and oxygen atoms in total. The highest BCUT2D eigenvalue weighted by molar-refractivity contribution is 8.00. The number of nitriles is 2. The number of nitrogen functional groups attached to an aromatic ring is 1. The van der Waals surface area contributed by atoms with Crippen LogP contribution in [0.5, 0.6) is 0 Å². The number of hydrogen-bond donors (Lipinski definition) is 2. The van der Waals surface area contributed by atoms with Gasteiger partial charge in [-0.3, -0.25) is 15.3 Å². The van der Waals surface area contributed by atoms with Crippen LogP contribution in [0.15, 0.2) is 35.4 Å². The second-order valence-corrected chi connectivity index (χ2v) is 6.77. The van der Waals surface area contributed by atoms with Crippen LogP contribution in [0.3, 0.4) is 0 Å². The van der Waals surface area contributed by atoms with E-state index in [1.807, 2.05) is 12.1 Å². The van der Waals surface area contributed by atoms with Crippen LogP contribution in [0.4, 0.5) is 11.5 Å². The number of pyridine rings is 1. The molecule has 1 amide bonds. The van der Waals surface area contributed by atoms with Crippen LogP contribution in [0.1, 0.15) is 35.3 Å². The Morgan fingerprint density at radius 1 is 1.23 bits per heavy atom. The van der Waals surface area contributed by atoms with E-state index in [-0.39, 0.29) is 28.6 Å². The summed E-state index contributed by atoms with van der Waals surface area (Å²) in [6.07, 6.45) is 0. The number of aromatic amines is 1. The molecule has 8 heteroatoms. The van der Waals surface area contributed by atoms with Gasteiger partial charge in [-0.25, -0.2) is 4.98 Å². The van der Waals surface area contributed by atoms with Gasteiger partial charge in [0.15, 0.2) is 10.8 Å². The molecule has 0 aliphatic carbocycles. The maximum Gasteiger partial charge on any atom is 0.289 e. The first kappa shape index (κ1) is 19.0. The Morgan fingerprint density at radius 2 is 1.88 bits per heavy atom. The van der Waals surface area contributed by atoms with Crippen molar-refractivity contribution >= 4 is 35.0 Å². The summed E-state index contributed by atoms with van der Waals surface area (Å²) in [6.45, 7) is 3.09. The molecule has 130 valence electrons. The first-order valence-corrected chi connectivity index (χ1v) is 8.48. The summed E-state index contributed by atoms with van der Waals surface area (Å²) < 4.78 is 0. The van der Waals surface area contributed by atoms with Crippen LogP contribution in [0.25, 0.3) is 0 Å². The number of rotatable bonds is 5. The Labute approximate surface area is 154 Å². The molecule has 1 aromatic carbocycles. The van der Waals surface area contributed by atoms with E-state index in [1.54, 1.807) is 31.2 Å². The van der Waals surface area contributed by atoms with Crippen molar-refractivity contribution in [1.29, 1.82) is 10.5 Å². The van der Waals surface area contributed by atoms with Gasteiger partial charge in [-0.1, -0.05) is 23.9 Å². The SMILES string of the molecule is CC(=O)c1ccccc1NC(=O)[C@@H](C)Sc1[nH+]c(N)c(C#N)cc1C#N. The summed E-state index contributed by atoms with van der Waals surface area (Å²) in [5.74, 6) is -0.353. The number of ketones is 1. The van der Waals surface area contributed by atoms with Crippen molar-refractivity contribution in [3.05, 3.63) is 47.0 Å². The molecule has 26 heavy (non-hydrogen) atoms. The van der Waals surface area contributed by atoms with Gasteiger partial charge in [-0.2, -0.15) is 10.5 Å². The molecule has 1 heterocycles. The Bertz CT molecular complexity index is 959. The zero-order valence-corrected chi connectivity index (χ0v) is 15.0. The number of H-pyrrole nitrogens is 1. The Hall–Kier alpha value is -3.36. The number of hydrogen-bond acceptors (Lipinski definition) is 6. The zero-order valence-electron chi connectivity index (χ0n) is 14.2. The molecule has 0 spiro atoms. The van der Waals surface area contributed by atoms with Gasteiger partial charge < -0.3 is 5.32 Å². The van der Waals surface area contributed by atoms with Gasteiger partial charge in [0, 0.05) is 5.56 Å². The van der Waals surface area contributed by atoms with Gasteiger partial charge in [0.2, 0.25) is 5.91 Å². The van der Waals surface area contributed by atoms with Crippen LogP contribution in [0, 0.1) is 22.7 Å². The maximum absolute atomic E-state index is 12.5. The summed E-state index contributed by atoms with van der Waals surface area (Å²) in [5, 5.41) is 20.8. The molecule has 0 saturated heterocycles. The van der Waals surface area contributed by atoms with Crippen molar-refractivity contribution in [2.24, 2.45) is 0 Å². The number of aromatic nitrogens is 1. The molecule has 0 saturated carbocycles. The molecule has 0 fully saturated rings. The van der Waals surface area contributed by atoms with Crippen molar-refractivity contribution in [2.75, 3.05) is 11.1 Å². The van der Waals surface area contributed by atoms with Crippen LogP contribution in [-0.2, 0) is 4.79 Å². The third-order valence-corrected chi connectivity index (χ3v) is 4.67. The number of Topliss-reactive ketones (excluding diaryl/α,β-unsaturated/α-hetero) is 1. The molecule has 1 aromatic heterocycles. The number of carbonyl (C=O) groups excluding carboxylic acids is 2. The quantitative estimate of drug-likeness (QED) is 0.615. The zero-order chi connectivity index (χ0) is 19.3. The standard InChI is InChI=1S/C18H15N5O2S/c1-10(24)14-5-3-4-6-15(14)22-17(25)11(2)26-18-13(9-20)7-12(8-19)16(21)23-18/h3-7,11H,1-2H3,(H2,21,23)(H,22,25)/p+1/t11-/m1/s1. The minimum Gasteiger partial charge on any atom is -0.324 e. The van der Waals surface area contributed by atoms with E-state index in [1.165, 1.54) is 13.0 Å². The third-order valence-electron chi connectivity index (χ3n) is 3.54. The number of para-hydroxylation sites is 1. The highest BCUT2D eigenvalue weighted by atomic mass is 32.2. The average molecular weight is 366 g/mol. The van der Waals surface area contributed by atoms with Crippen molar-refractivity contribution in [2.45, 2.75) is 24.1 Å². The summed E-state index contributed by atoms with van der Waals surface area (Å²) in [7, 11) is 0. The van der Waals surface area contributed by atoms with E-state index in [9.17, 15) is 14.9 Å². The summed E-state index contributed by atoms with van der Waals surface area (Å²) in [6, 6.07) is 12.0. The van der Waals surface area contributed by atoms with E-state index in [2.05, 4.69) is 10.3 Å². The van der Waals surface area contributed by atoms with E-state index >= 15 is 0 Å². The van der Waals surface area contributed by atoms with Crippen molar-refractivity contribution in [3.8, 4) is 12.1 Å². The molecule has 2 rings (SSSR count). The number of anilines is 2. The fourth-order valence-corrected chi connectivity index (χ4v) is 3.10. The third kappa shape index (κ3) is 4.18. The smallest absolute Gasteiger partial charge is 0.289 e. The topological polar surface area (TPSA) is 134 Å². The molecule has 0 radical (unpaired) electrons. The van der Waals surface area contributed by atoms with Gasteiger partial charge in [-0.15, -0.1) is 0 Å². The Kier molecular flexibility index (Phi) is 5.94. The normalized spacial score (nSPS) is 11.1. The largest absolute Gasteiger partial charge is 0.324 e. The number of thioether (sulfide) groups is 1. The lowest BCUT2D eigenvalue weighted by molar-refractivity contribution is -0.410. The summed E-state index contributed by atoms with van der Waals surface area (Å²) in [5.41, 5.74) is 6.99. The van der Waals surface area contributed by atoms with Crippen molar-refractivity contribution in [3.63, 3.8) is 0 Å². The van der Waals surface area contributed by atoms with Crippen molar-refractivity contribution < 1.29 is 14.6 Å². The van der Waals surface area contributed by atoms with Crippen LogP contribution >= 0.6 is 11.8 Å². The highest BCUT2D eigenvalue weighted by Crippen LogP contribution is 2.26. The second-order valence-electron chi connectivity index (χ2n) is 5.41. The van der Waals surface area contributed by atoms with Gasteiger partial charge in [0.25, 0.3) is 5.82 Å². The maximum atomic E-state index is 12.5. The predicted molar refractivity (Wildman–Crippen MR) is 97.2 cm³/mol. The first-order valence-electron chi connectivity index (χ1n) is 7.60. The number of benzene rings is 1. The number of amides is 1. The fourth-order valence-electron chi connectivity index (χ4n) is 2.18. The molecule has 0 aliphatic rings. The van der Waals surface area contributed by atoms with Crippen LogP contribution in [-0.4, -0.2) is 16.9 Å². The predicted octanol–water partition coefficient (Wildman–Crippen LogP) is 2.15. The van der Waals surface area contributed by atoms with Crippen LogP contribution in [0.2, 0.25) is 0 Å². The Morgan fingerprint density at radius 3 is 2.50 bits per heavy atom. The van der Waals surface area contributed by atoms with Crippen molar-refractivity contribution in [1.82, 2.24) is 0 Å². The average Bonchev–Trinajstić information content (AvgIpc) is 2.62. The molecule has 0 unspecified atom stereocenters. The second kappa shape index (κ2) is 8.15. The van der Waals surface area contributed by atoms with E-state index in [4.69, 9.17) is 11.0 Å². The number of carbonyl (C=O) groups is 2. The summed E-state index contributed by atoms with van der Waals surface area (Å²) >= 11 is 1.11. The monoisotopic (exact) mass is 366 g/mol. The van der Waals surface area contributed by atoms with E-state index in [0.717, 1.165) is 11.8 Å². The molecule has 0 aliphatic heterocycles. The molecule has 2 aromatic rings. The first-order chi connectivity index (χ1) is 12.4. The Balaban J connectivity index is 2.21. The lowest BCUT2D eigenvalue weighted by Gasteiger charge is -2.13. The molecular formula is C18H16N5O2S+. The number of nitrogens with zero attached hydrogens (tertiary/aromatic N) is 2. The number of nitrogens with two attached hydrogens (primary N) is 1. The lowest BCUT2D eigenvalue weighted by atomic mass is 10.1. The molecule has 0 bridgehead atoms. The molecule has 1 atom stereocenters. The fraction of sp³-hybridized carbons (Fsp3) is 0.167. The van der Waals surface area contributed by atoms with Crippen LogP contribution < -0.4 is 16.0 Å². The minimum absolute atomic E-state index is 0.128. The van der Waals surface area contributed by atoms with E-state index < -0.39 is 5.25 Å². The summed E-state index contributed by atoms with van der Waals surface area (Å²) in [4.78, 5) is 26.9. The lowest BCUT2D eigenvalue weighted by Crippen LogP contribution is -2.25. The van der Waals surface area contributed by atoms with Gasteiger partial charge in [-0.05, 0) is 32.0 Å². The molecular weight excluding hydrogens is 350 g/mol. The van der Waals surface area contributed by atoms with E-state index in [0.29, 0.717) is 16.3 Å². The molecule has 4 N–H and O–H groups in total. The minimum atomic E-state index is -0.578. The number of nitrogens with one attached hydrogen (secondary N) is 2. The highest BCUT2D eigenvalue weighted by Gasteiger charge is 2.22. The van der Waals surface area contributed by atoms with Gasteiger partial charge >= 0.3 is 0 Å². The van der Waals surface area contributed by atoms with Gasteiger partial charge in [0.05, 0.1) is 10.9 Å².